The highest BCUT2D eigenvalue weighted by atomic mass is 35.5. The fourth-order valence-electron chi connectivity index (χ4n) is 2.39. The van der Waals surface area contributed by atoms with Crippen molar-refractivity contribution in [3.8, 4) is 0 Å². The Morgan fingerprint density at radius 1 is 1.35 bits per heavy atom. The predicted octanol–water partition coefficient (Wildman–Crippen LogP) is 3.49. The summed E-state index contributed by atoms with van der Waals surface area (Å²) in [5.41, 5.74) is 2.97. The third-order valence-electron chi connectivity index (χ3n) is 3.73. The minimum atomic E-state index is -0.0373. The molecule has 4 heteroatoms. The molecule has 1 aliphatic rings. The molecule has 2 rings (SSSR count). The van der Waals surface area contributed by atoms with Gasteiger partial charge in [-0.15, -0.1) is 11.6 Å². The molecule has 0 fully saturated rings. The molecule has 1 heterocycles. The molecule has 1 aromatic carbocycles. The fraction of sp³-hybridized carbons (Fsp3) is 0.562. The van der Waals surface area contributed by atoms with Crippen LogP contribution in [0.5, 0.6) is 0 Å². The molecule has 1 amide bonds. The zero-order valence-corrected chi connectivity index (χ0v) is 13.1. The Hall–Kier alpha value is -1.06. The van der Waals surface area contributed by atoms with Crippen LogP contribution in [-0.2, 0) is 18.0 Å². The summed E-state index contributed by atoms with van der Waals surface area (Å²) in [4.78, 5) is 12.4. The van der Waals surface area contributed by atoms with Crippen LogP contribution < -0.4 is 5.32 Å². The summed E-state index contributed by atoms with van der Waals surface area (Å²) in [6, 6.07) is 5.84. The van der Waals surface area contributed by atoms with Crippen LogP contribution in [0.25, 0.3) is 0 Å². The SMILES string of the molecule is CC(C)(C)C(CCCl)NC(=O)c1ccc2c(c1)COC2. The Morgan fingerprint density at radius 3 is 2.70 bits per heavy atom. The Kier molecular flexibility index (Phi) is 4.71. The number of fused-ring (bicyclic) bond motifs is 1. The molecule has 1 atom stereocenters. The standard InChI is InChI=1S/C16H22ClNO2/c1-16(2,3)14(6-7-17)18-15(19)11-4-5-12-9-20-10-13(12)8-11/h4-5,8,14H,6-7,9-10H2,1-3H3,(H,18,19). The number of nitrogens with one attached hydrogen (secondary N) is 1. The van der Waals surface area contributed by atoms with Gasteiger partial charge < -0.3 is 10.1 Å². The molecule has 0 bridgehead atoms. The average Bonchev–Trinajstić information content (AvgIpc) is 2.84. The zero-order chi connectivity index (χ0) is 14.8. The number of halogens is 1. The Labute approximate surface area is 125 Å². The molecule has 0 saturated carbocycles. The molecule has 1 aromatic rings. The number of ether oxygens (including phenoxy) is 1. The number of benzene rings is 1. The highest BCUT2D eigenvalue weighted by molar-refractivity contribution is 6.17. The van der Waals surface area contributed by atoms with E-state index < -0.39 is 0 Å². The largest absolute Gasteiger partial charge is 0.372 e. The van der Waals surface area contributed by atoms with Crippen molar-refractivity contribution in [2.75, 3.05) is 5.88 Å². The van der Waals surface area contributed by atoms with E-state index in [1.807, 2.05) is 18.2 Å². The second-order valence-electron chi connectivity index (χ2n) is 6.35. The maximum absolute atomic E-state index is 12.4. The molecule has 3 nitrogen and oxygen atoms in total. The molecule has 20 heavy (non-hydrogen) atoms. The van der Waals surface area contributed by atoms with E-state index in [9.17, 15) is 4.79 Å². The smallest absolute Gasteiger partial charge is 0.251 e. The van der Waals surface area contributed by atoms with Crippen LogP contribution in [0.3, 0.4) is 0 Å². The first-order valence-electron chi connectivity index (χ1n) is 6.98. The molecule has 0 aromatic heterocycles. The maximum atomic E-state index is 12.4. The Bertz CT molecular complexity index is 494. The summed E-state index contributed by atoms with van der Waals surface area (Å²) in [5, 5.41) is 3.10. The van der Waals surface area contributed by atoms with Crippen LogP contribution in [0, 0.1) is 5.41 Å². The minimum Gasteiger partial charge on any atom is -0.372 e. The van der Waals surface area contributed by atoms with Gasteiger partial charge in [-0.3, -0.25) is 4.79 Å². The monoisotopic (exact) mass is 295 g/mol. The summed E-state index contributed by atoms with van der Waals surface area (Å²) in [5.74, 6) is 0.505. The third-order valence-corrected chi connectivity index (χ3v) is 3.95. The molecule has 0 saturated heterocycles. The number of hydrogen-bond donors (Lipinski definition) is 1. The van der Waals surface area contributed by atoms with Crippen LogP contribution >= 0.6 is 11.6 Å². The first kappa shape index (κ1) is 15.3. The van der Waals surface area contributed by atoms with Crippen molar-refractivity contribution >= 4 is 17.5 Å². The van der Waals surface area contributed by atoms with Crippen LogP contribution in [0.2, 0.25) is 0 Å². The molecule has 0 radical (unpaired) electrons. The van der Waals surface area contributed by atoms with E-state index in [4.69, 9.17) is 16.3 Å². The van der Waals surface area contributed by atoms with Gasteiger partial charge in [0.1, 0.15) is 0 Å². The van der Waals surface area contributed by atoms with Gasteiger partial charge in [-0.2, -0.15) is 0 Å². The normalized spacial score (nSPS) is 15.8. The molecule has 1 aliphatic heterocycles. The number of carbonyl (C=O) groups excluding carboxylic acids is 1. The number of alkyl halides is 1. The van der Waals surface area contributed by atoms with Crippen LogP contribution in [0.1, 0.15) is 48.7 Å². The minimum absolute atomic E-state index is 0.00953. The topological polar surface area (TPSA) is 38.3 Å². The van der Waals surface area contributed by atoms with Gasteiger partial charge in [0.2, 0.25) is 0 Å². The van der Waals surface area contributed by atoms with Gasteiger partial charge in [-0.25, -0.2) is 0 Å². The lowest BCUT2D eigenvalue weighted by Gasteiger charge is -2.31. The van der Waals surface area contributed by atoms with Gasteiger partial charge in [0, 0.05) is 17.5 Å². The Balaban J connectivity index is 2.11. The molecule has 0 aliphatic carbocycles. The van der Waals surface area contributed by atoms with Gasteiger partial charge >= 0.3 is 0 Å². The van der Waals surface area contributed by atoms with E-state index >= 15 is 0 Å². The van der Waals surface area contributed by atoms with Crippen molar-refractivity contribution in [3.63, 3.8) is 0 Å². The lowest BCUT2D eigenvalue weighted by atomic mass is 9.85. The van der Waals surface area contributed by atoms with E-state index in [1.54, 1.807) is 0 Å². The number of rotatable bonds is 4. The quantitative estimate of drug-likeness (QED) is 0.864. The lowest BCUT2D eigenvalue weighted by Crippen LogP contribution is -2.44. The summed E-state index contributed by atoms with van der Waals surface area (Å²) in [6.07, 6.45) is 0.769. The van der Waals surface area contributed by atoms with Crippen LogP contribution in [-0.4, -0.2) is 17.8 Å². The second kappa shape index (κ2) is 6.15. The number of amides is 1. The van der Waals surface area contributed by atoms with E-state index in [2.05, 4.69) is 26.1 Å². The summed E-state index contributed by atoms with van der Waals surface area (Å²) in [6.45, 7) is 7.58. The highest BCUT2D eigenvalue weighted by Crippen LogP contribution is 2.24. The van der Waals surface area contributed by atoms with Crippen molar-refractivity contribution in [3.05, 3.63) is 34.9 Å². The molecule has 110 valence electrons. The maximum Gasteiger partial charge on any atom is 0.251 e. The van der Waals surface area contributed by atoms with Gasteiger partial charge in [0.25, 0.3) is 5.91 Å². The second-order valence-corrected chi connectivity index (χ2v) is 6.72. The van der Waals surface area contributed by atoms with E-state index in [0.29, 0.717) is 24.7 Å². The van der Waals surface area contributed by atoms with Crippen LogP contribution in [0.15, 0.2) is 18.2 Å². The fourth-order valence-corrected chi connectivity index (χ4v) is 2.60. The van der Waals surface area contributed by atoms with Crippen molar-refractivity contribution in [2.24, 2.45) is 5.41 Å². The van der Waals surface area contributed by atoms with Gasteiger partial charge in [0.05, 0.1) is 13.2 Å². The van der Waals surface area contributed by atoms with Gasteiger partial charge in [-0.1, -0.05) is 26.8 Å². The van der Waals surface area contributed by atoms with Crippen molar-refractivity contribution < 1.29 is 9.53 Å². The van der Waals surface area contributed by atoms with Gasteiger partial charge in [0.15, 0.2) is 0 Å². The molecule has 1 unspecified atom stereocenters. The summed E-state index contributed by atoms with van der Waals surface area (Å²) >= 11 is 5.84. The predicted molar refractivity (Wildman–Crippen MR) is 81.0 cm³/mol. The molecule has 0 spiro atoms. The van der Waals surface area contributed by atoms with E-state index in [0.717, 1.165) is 12.0 Å². The van der Waals surface area contributed by atoms with Gasteiger partial charge in [-0.05, 0) is 35.1 Å². The first-order chi connectivity index (χ1) is 9.41. The number of hydrogen-bond acceptors (Lipinski definition) is 2. The molecule has 1 N–H and O–H groups in total. The van der Waals surface area contributed by atoms with E-state index in [-0.39, 0.29) is 17.4 Å². The average molecular weight is 296 g/mol. The number of carbonyl (C=O) groups is 1. The van der Waals surface area contributed by atoms with Crippen molar-refractivity contribution in [2.45, 2.75) is 46.4 Å². The Morgan fingerprint density at radius 2 is 2.05 bits per heavy atom. The third kappa shape index (κ3) is 3.53. The first-order valence-corrected chi connectivity index (χ1v) is 7.51. The van der Waals surface area contributed by atoms with Crippen molar-refractivity contribution in [1.82, 2.24) is 5.32 Å². The van der Waals surface area contributed by atoms with Crippen molar-refractivity contribution in [1.29, 1.82) is 0 Å². The molecular formula is C16H22ClNO2. The molecular weight excluding hydrogens is 274 g/mol. The summed E-state index contributed by atoms with van der Waals surface area (Å²) in [7, 11) is 0. The summed E-state index contributed by atoms with van der Waals surface area (Å²) < 4.78 is 5.37. The van der Waals surface area contributed by atoms with E-state index in [1.165, 1.54) is 5.56 Å². The zero-order valence-electron chi connectivity index (χ0n) is 12.3. The highest BCUT2D eigenvalue weighted by Gasteiger charge is 2.26. The lowest BCUT2D eigenvalue weighted by molar-refractivity contribution is 0.0900. The van der Waals surface area contributed by atoms with Crippen LogP contribution in [0.4, 0.5) is 0 Å².